The fourth-order valence-electron chi connectivity index (χ4n) is 3.03. The number of para-hydroxylation sites is 1. The minimum absolute atomic E-state index is 0.0794. The van der Waals surface area contributed by atoms with E-state index in [1.54, 1.807) is 19.1 Å². The van der Waals surface area contributed by atoms with Crippen LogP contribution in [0.5, 0.6) is 5.75 Å². The van der Waals surface area contributed by atoms with Gasteiger partial charge in [0.1, 0.15) is 17.4 Å². The maximum Gasteiger partial charge on any atom is 0.291 e. The zero-order valence-electron chi connectivity index (χ0n) is 14.1. The summed E-state index contributed by atoms with van der Waals surface area (Å²) in [6.45, 7) is 2.29. The highest BCUT2D eigenvalue weighted by Gasteiger charge is 2.25. The number of fused-ring (bicyclic) bond motifs is 1. The van der Waals surface area contributed by atoms with Gasteiger partial charge in [0, 0.05) is 12.0 Å². The summed E-state index contributed by atoms with van der Waals surface area (Å²) < 4.78 is 20.2. The molecule has 1 atom stereocenters. The lowest BCUT2D eigenvalue weighted by Crippen LogP contribution is -2.32. The Morgan fingerprint density at radius 3 is 2.81 bits per heavy atom. The summed E-state index contributed by atoms with van der Waals surface area (Å²) in [6, 6.07) is 13.4. The van der Waals surface area contributed by atoms with Crippen LogP contribution in [-0.2, 0) is 0 Å². The molecule has 1 aliphatic rings. The highest BCUT2D eigenvalue weighted by Crippen LogP contribution is 2.31. The molecule has 0 saturated heterocycles. The maximum absolute atomic E-state index is 13.1. The molecule has 0 saturated carbocycles. The van der Waals surface area contributed by atoms with Crippen LogP contribution in [0.25, 0.3) is 5.69 Å². The molecule has 26 heavy (non-hydrogen) atoms. The molecular weight excluding hydrogens is 335 g/mol. The molecule has 3 aromatic rings. The lowest BCUT2D eigenvalue weighted by atomic mass is 10.0. The Morgan fingerprint density at radius 1 is 1.23 bits per heavy atom. The van der Waals surface area contributed by atoms with E-state index in [4.69, 9.17) is 4.74 Å². The average Bonchev–Trinajstić information content (AvgIpc) is 3.05. The van der Waals surface area contributed by atoms with Crippen LogP contribution in [-0.4, -0.2) is 27.3 Å². The number of ether oxygens (including phenoxy) is 1. The quantitative estimate of drug-likeness (QED) is 0.787. The van der Waals surface area contributed by atoms with Gasteiger partial charge < -0.3 is 10.1 Å². The number of hydrogen-bond acceptors (Lipinski definition) is 4. The second-order valence-corrected chi connectivity index (χ2v) is 6.07. The third-order valence-electron chi connectivity index (χ3n) is 4.31. The molecule has 0 radical (unpaired) electrons. The molecule has 132 valence electrons. The summed E-state index contributed by atoms with van der Waals surface area (Å²) in [6.07, 6.45) is 0.681. The number of hydrogen-bond donors (Lipinski definition) is 1. The molecular formula is C19H17FN4O2. The van der Waals surface area contributed by atoms with Gasteiger partial charge in [-0.2, -0.15) is 0 Å². The molecule has 1 N–H and O–H groups in total. The van der Waals surface area contributed by atoms with Gasteiger partial charge in [-0.25, -0.2) is 14.1 Å². The Hall–Kier alpha value is -3.22. The number of carbonyl (C=O) groups is 1. The van der Waals surface area contributed by atoms with Gasteiger partial charge in [0.05, 0.1) is 18.3 Å². The first-order valence-corrected chi connectivity index (χ1v) is 8.34. The van der Waals surface area contributed by atoms with Crippen molar-refractivity contribution in [3.8, 4) is 11.4 Å². The molecule has 1 amide bonds. The second-order valence-electron chi connectivity index (χ2n) is 6.07. The highest BCUT2D eigenvalue weighted by molar-refractivity contribution is 5.90. The van der Waals surface area contributed by atoms with Crippen molar-refractivity contribution in [2.24, 2.45) is 0 Å². The number of nitrogens with one attached hydrogen (secondary N) is 1. The van der Waals surface area contributed by atoms with Crippen LogP contribution in [0, 0.1) is 12.7 Å². The molecule has 0 aliphatic carbocycles. The maximum atomic E-state index is 13.1. The van der Waals surface area contributed by atoms with E-state index in [1.807, 2.05) is 24.3 Å². The van der Waals surface area contributed by atoms with E-state index in [0.29, 0.717) is 24.5 Å². The fourth-order valence-corrected chi connectivity index (χ4v) is 3.03. The molecule has 2 aromatic carbocycles. The predicted molar refractivity (Wildman–Crippen MR) is 92.8 cm³/mol. The summed E-state index contributed by atoms with van der Waals surface area (Å²) in [7, 11) is 0. The van der Waals surface area contributed by atoms with Crippen molar-refractivity contribution >= 4 is 5.91 Å². The molecule has 6 nitrogen and oxygen atoms in total. The normalized spacial score (nSPS) is 15.8. The number of amides is 1. The van der Waals surface area contributed by atoms with Crippen molar-refractivity contribution in [2.45, 2.75) is 19.4 Å². The van der Waals surface area contributed by atoms with Crippen molar-refractivity contribution in [3.05, 3.63) is 71.6 Å². The molecule has 0 spiro atoms. The molecule has 0 unspecified atom stereocenters. The number of carbonyl (C=O) groups excluding carboxylic acids is 1. The van der Waals surface area contributed by atoms with E-state index in [1.165, 1.54) is 16.8 Å². The molecule has 7 heteroatoms. The first-order chi connectivity index (χ1) is 12.6. The Labute approximate surface area is 149 Å². The topological polar surface area (TPSA) is 69.0 Å². The van der Waals surface area contributed by atoms with Crippen LogP contribution in [0.15, 0.2) is 48.5 Å². The Bertz CT molecular complexity index is 952. The molecule has 2 heterocycles. The number of nitrogens with zero attached hydrogens (tertiary/aromatic N) is 3. The van der Waals surface area contributed by atoms with E-state index < -0.39 is 0 Å². The van der Waals surface area contributed by atoms with E-state index in [-0.39, 0.29) is 23.6 Å². The summed E-state index contributed by atoms with van der Waals surface area (Å²) in [5.74, 6) is 0.730. The predicted octanol–water partition coefficient (Wildman–Crippen LogP) is 2.97. The first-order valence-electron chi connectivity index (χ1n) is 8.34. The van der Waals surface area contributed by atoms with Crippen molar-refractivity contribution in [3.63, 3.8) is 0 Å². The fraction of sp³-hybridized carbons (Fsp3) is 0.211. The second kappa shape index (κ2) is 6.59. The zero-order chi connectivity index (χ0) is 18.1. The van der Waals surface area contributed by atoms with E-state index in [0.717, 1.165) is 11.3 Å². The Balaban J connectivity index is 1.56. The van der Waals surface area contributed by atoms with Gasteiger partial charge in [-0.15, -0.1) is 5.10 Å². The number of aromatic nitrogens is 3. The number of aryl methyl sites for hydroxylation is 1. The van der Waals surface area contributed by atoms with E-state index >= 15 is 0 Å². The van der Waals surface area contributed by atoms with Crippen molar-refractivity contribution in [1.29, 1.82) is 0 Å². The summed E-state index contributed by atoms with van der Waals surface area (Å²) in [4.78, 5) is 16.9. The monoisotopic (exact) mass is 352 g/mol. The molecule has 1 aromatic heterocycles. The van der Waals surface area contributed by atoms with Gasteiger partial charge >= 0.3 is 0 Å². The van der Waals surface area contributed by atoms with Crippen LogP contribution >= 0.6 is 0 Å². The molecule has 0 bridgehead atoms. The van der Waals surface area contributed by atoms with Gasteiger partial charge in [-0.3, -0.25) is 4.79 Å². The SMILES string of the molecule is Cc1nc(C(=O)N[C@H]2CCOc3ccccc32)nn1-c1ccc(F)cc1. The average molecular weight is 352 g/mol. The van der Waals surface area contributed by atoms with Crippen molar-refractivity contribution < 1.29 is 13.9 Å². The van der Waals surface area contributed by atoms with Crippen molar-refractivity contribution in [2.75, 3.05) is 6.61 Å². The van der Waals surface area contributed by atoms with Crippen LogP contribution in [0.4, 0.5) is 4.39 Å². The molecule has 4 rings (SSSR count). The Morgan fingerprint density at radius 2 is 2.00 bits per heavy atom. The van der Waals surface area contributed by atoms with Crippen LogP contribution in [0.1, 0.15) is 34.5 Å². The smallest absolute Gasteiger partial charge is 0.291 e. The molecule has 1 aliphatic heterocycles. The van der Waals surface area contributed by atoms with Crippen LogP contribution < -0.4 is 10.1 Å². The number of benzene rings is 2. The minimum Gasteiger partial charge on any atom is -0.493 e. The third-order valence-corrected chi connectivity index (χ3v) is 4.31. The van der Waals surface area contributed by atoms with Gasteiger partial charge in [0.15, 0.2) is 0 Å². The summed E-state index contributed by atoms with van der Waals surface area (Å²) >= 11 is 0. The van der Waals surface area contributed by atoms with Gasteiger partial charge in [-0.05, 0) is 37.3 Å². The van der Waals surface area contributed by atoms with E-state index in [2.05, 4.69) is 15.4 Å². The third kappa shape index (κ3) is 3.03. The zero-order valence-corrected chi connectivity index (χ0v) is 14.1. The summed E-state index contributed by atoms with van der Waals surface area (Å²) in [5.41, 5.74) is 1.59. The molecule has 0 fully saturated rings. The largest absolute Gasteiger partial charge is 0.493 e. The summed E-state index contributed by atoms with van der Waals surface area (Å²) in [5, 5.41) is 7.25. The van der Waals surface area contributed by atoms with Crippen LogP contribution in [0.2, 0.25) is 0 Å². The lowest BCUT2D eigenvalue weighted by Gasteiger charge is -2.26. The van der Waals surface area contributed by atoms with Gasteiger partial charge in [0.25, 0.3) is 5.91 Å². The number of rotatable bonds is 3. The van der Waals surface area contributed by atoms with Crippen LogP contribution in [0.3, 0.4) is 0 Å². The van der Waals surface area contributed by atoms with Crippen molar-refractivity contribution in [1.82, 2.24) is 20.1 Å². The first kappa shape index (κ1) is 16.3. The van der Waals surface area contributed by atoms with Gasteiger partial charge in [-0.1, -0.05) is 18.2 Å². The highest BCUT2D eigenvalue weighted by atomic mass is 19.1. The van der Waals surface area contributed by atoms with Gasteiger partial charge in [0.2, 0.25) is 5.82 Å². The lowest BCUT2D eigenvalue weighted by molar-refractivity contribution is 0.0914. The Kier molecular flexibility index (Phi) is 4.12. The van der Waals surface area contributed by atoms with E-state index in [9.17, 15) is 9.18 Å². The number of halogens is 1. The standard InChI is InChI=1S/C19H17FN4O2/c1-12-21-18(23-24(12)14-8-6-13(20)7-9-14)19(25)22-16-10-11-26-17-5-3-2-4-15(16)17/h2-9,16H,10-11H2,1H3,(H,22,25)/t16-/m0/s1. The minimum atomic E-state index is -0.351.